The van der Waals surface area contributed by atoms with Gasteiger partial charge in [-0.2, -0.15) is 0 Å². The van der Waals surface area contributed by atoms with E-state index in [4.69, 9.17) is 9.47 Å². The van der Waals surface area contributed by atoms with Crippen LogP contribution in [0.15, 0.2) is 18.7 Å². The highest BCUT2D eigenvalue weighted by Gasteiger charge is 2.32. The molecule has 0 fully saturated rings. The van der Waals surface area contributed by atoms with Crippen LogP contribution in [0.2, 0.25) is 0 Å². The molecule has 0 aliphatic rings. The van der Waals surface area contributed by atoms with E-state index < -0.39 is 5.41 Å². The maximum Gasteiger partial charge on any atom is 0.311 e. The van der Waals surface area contributed by atoms with Gasteiger partial charge in [-0.25, -0.2) is 4.98 Å². The zero-order valence-corrected chi connectivity index (χ0v) is 12.3. The van der Waals surface area contributed by atoms with Crippen molar-refractivity contribution < 1.29 is 14.3 Å². The third-order valence-corrected chi connectivity index (χ3v) is 3.24. The van der Waals surface area contributed by atoms with Gasteiger partial charge >= 0.3 is 5.97 Å². The predicted molar refractivity (Wildman–Crippen MR) is 72.8 cm³/mol. The first-order valence-electron chi connectivity index (χ1n) is 6.65. The lowest BCUT2D eigenvalue weighted by Crippen LogP contribution is -2.30. The number of hydrogen-bond acceptors (Lipinski definition) is 4. The summed E-state index contributed by atoms with van der Waals surface area (Å²) in [5.41, 5.74) is -0.515. The molecule has 0 spiro atoms. The van der Waals surface area contributed by atoms with E-state index in [1.165, 1.54) is 0 Å². The molecular weight excluding hydrogens is 244 g/mol. The van der Waals surface area contributed by atoms with Crippen molar-refractivity contribution in [1.82, 2.24) is 9.55 Å². The van der Waals surface area contributed by atoms with Crippen molar-refractivity contribution in [3.63, 3.8) is 0 Å². The highest BCUT2D eigenvalue weighted by atomic mass is 16.6. The van der Waals surface area contributed by atoms with Gasteiger partial charge in [0, 0.05) is 25.5 Å². The molecule has 0 aromatic carbocycles. The van der Waals surface area contributed by atoms with E-state index in [1.54, 1.807) is 19.6 Å². The van der Waals surface area contributed by atoms with Gasteiger partial charge in [-0.05, 0) is 26.7 Å². The number of aromatic nitrogens is 2. The van der Waals surface area contributed by atoms with Crippen LogP contribution in [0.25, 0.3) is 0 Å². The molecule has 1 rings (SSSR count). The molecule has 1 aromatic rings. The number of nitrogens with zero attached hydrogens (tertiary/aromatic N) is 2. The maximum absolute atomic E-state index is 12.1. The van der Waals surface area contributed by atoms with Gasteiger partial charge < -0.3 is 14.0 Å². The van der Waals surface area contributed by atoms with Crippen LogP contribution in [0, 0.1) is 5.41 Å². The summed E-state index contributed by atoms with van der Waals surface area (Å²) in [7, 11) is 1.59. The molecule has 0 saturated carbocycles. The van der Waals surface area contributed by atoms with Crippen LogP contribution in [0.3, 0.4) is 0 Å². The molecule has 1 heterocycles. The minimum Gasteiger partial charge on any atom is -0.463 e. The molecule has 0 amide bonds. The van der Waals surface area contributed by atoms with Gasteiger partial charge in [-0.1, -0.05) is 6.92 Å². The third-order valence-electron chi connectivity index (χ3n) is 3.24. The van der Waals surface area contributed by atoms with E-state index in [2.05, 4.69) is 11.9 Å². The molecule has 1 unspecified atom stereocenters. The van der Waals surface area contributed by atoms with Gasteiger partial charge in [-0.3, -0.25) is 4.79 Å². The zero-order valence-electron chi connectivity index (χ0n) is 12.3. The summed E-state index contributed by atoms with van der Waals surface area (Å²) >= 11 is 0. The average molecular weight is 268 g/mol. The predicted octanol–water partition coefficient (Wildman–Crippen LogP) is 2.44. The number of hydrogen-bond donors (Lipinski definition) is 0. The molecule has 0 bridgehead atoms. The van der Waals surface area contributed by atoms with Crippen LogP contribution >= 0.6 is 0 Å². The smallest absolute Gasteiger partial charge is 0.311 e. The lowest BCUT2D eigenvalue weighted by atomic mass is 9.85. The Morgan fingerprint density at radius 1 is 1.42 bits per heavy atom. The fourth-order valence-corrected chi connectivity index (χ4v) is 2.03. The first-order chi connectivity index (χ1) is 9.01. The van der Waals surface area contributed by atoms with Crippen molar-refractivity contribution in [2.45, 2.75) is 39.7 Å². The van der Waals surface area contributed by atoms with Gasteiger partial charge in [0.05, 0.1) is 18.3 Å². The van der Waals surface area contributed by atoms with Crippen molar-refractivity contribution in [1.29, 1.82) is 0 Å². The van der Waals surface area contributed by atoms with E-state index >= 15 is 0 Å². The Bertz CT molecular complexity index is 374. The molecule has 0 aliphatic heterocycles. The fourth-order valence-electron chi connectivity index (χ4n) is 2.03. The summed E-state index contributed by atoms with van der Waals surface area (Å²) in [6.45, 7) is 6.68. The van der Waals surface area contributed by atoms with E-state index in [1.807, 2.05) is 24.6 Å². The van der Waals surface area contributed by atoms with Gasteiger partial charge in [0.1, 0.15) is 6.61 Å². The number of esters is 1. The fraction of sp³-hybridized carbons (Fsp3) is 0.714. The summed E-state index contributed by atoms with van der Waals surface area (Å²) in [6.07, 6.45) is 7.16. The number of ether oxygens (including phenoxy) is 2. The Morgan fingerprint density at radius 2 is 2.16 bits per heavy atom. The summed E-state index contributed by atoms with van der Waals surface area (Å²) in [6, 6.07) is 0.257. The normalized spacial score (nSPS) is 13.3. The summed E-state index contributed by atoms with van der Waals surface area (Å²) in [5.74, 6) is -0.178. The lowest BCUT2D eigenvalue weighted by Gasteiger charge is -2.28. The number of imidazole rings is 1. The van der Waals surface area contributed by atoms with Gasteiger partial charge in [-0.15, -0.1) is 0 Å². The van der Waals surface area contributed by atoms with Crippen molar-refractivity contribution in [3.05, 3.63) is 18.7 Å². The van der Waals surface area contributed by atoms with Gasteiger partial charge in [0.25, 0.3) is 0 Å². The Morgan fingerprint density at radius 3 is 2.68 bits per heavy atom. The molecular formula is C14H24N2O3. The van der Waals surface area contributed by atoms with Crippen molar-refractivity contribution in [3.8, 4) is 0 Å². The van der Waals surface area contributed by atoms with Crippen molar-refractivity contribution in [2.75, 3.05) is 20.3 Å². The second-order valence-corrected chi connectivity index (χ2v) is 5.29. The molecule has 0 N–H and O–H groups in total. The standard InChI is InChI=1S/C14H24N2O3/c1-5-12(16-7-6-15-11-16)10-14(2,3)13(17)19-9-8-18-4/h6-7,11-12H,5,8-10H2,1-4H3. The molecule has 5 heteroatoms. The molecule has 5 nitrogen and oxygen atoms in total. The SMILES string of the molecule is CCC(CC(C)(C)C(=O)OCCOC)n1ccnc1. The topological polar surface area (TPSA) is 53.4 Å². The van der Waals surface area contributed by atoms with Crippen LogP contribution < -0.4 is 0 Å². The number of carbonyl (C=O) groups is 1. The first kappa shape index (κ1) is 15.7. The highest BCUT2D eigenvalue weighted by Crippen LogP contribution is 2.31. The number of rotatable bonds is 8. The van der Waals surface area contributed by atoms with Crippen LogP contribution in [0.4, 0.5) is 0 Å². The Labute approximate surface area is 114 Å². The quantitative estimate of drug-likeness (QED) is 0.537. The van der Waals surface area contributed by atoms with Crippen LogP contribution in [0.1, 0.15) is 39.7 Å². The average Bonchev–Trinajstić information content (AvgIpc) is 2.90. The maximum atomic E-state index is 12.1. The summed E-state index contributed by atoms with van der Waals surface area (Å²) in [4.78, 5) is 16.1. The molecule has 108 valence electrons. The van der Waals surface area contributed by atoms with Crippen LogP contribution in [0.5, 0.6) is 0 Å². The van der Waals surface area contributed by atoms with Crippen LogP contribution in [-0.4, -0.2) is 35.8 Å². The Hall–Kier alpha value is -1.36. The molecule has 1 aromatic heterocycles. The molecule has 0 saturated heterocycles. The monoisotopic (exact) mass is 268 g/mol. The Kier molecular flexibility index (Phi) is 6.02. The molecule has 0 aliphatic carbocycles. The highest BCUT2D eigenvalue weighted by molar-refractivity contribution is 5.75. The minimum absolute atomic E-state index is 0.178. The summed E-state index contributed by atoms with van der Waals surface area (Å²) < 4.78 is 12.1. The second kappa shape index (κ2) is 7.28. The van der Waals surface area contributed by atoms with Crippen LogP contribution in [-0.2, 0) is 14.3 Å². The molecule has 1 atom stereocenters. The zero-order chi connectivity index (χ0) is 14.3. The van der Waals surface area contributed by atoms with Crippen molar-refractivity contribution in [2.24, 2.45) is 5.41 Å². The van der Waals surface area contributed by atoms with Gasteiger partial charge in [0.2, 0.25) is 0 Å². The number of methoxy groups -OCH3 is 1. The van der Waals surface area contributed by atoms with E-state index in [0.29, 0.717) is 13.2 Å². The molecule has 19 heavy (non-hydrogen) atoms. The third kappa shape index (κ3) is 4.67. The van der Waals surface area contributed by atoms with E-state index in [-0.39, 0.29) is 12.0 Å². The molecule has 0 radical (unpaired) electrons. The second-order valence-electron chi connectivity index (χ2n) is 5.29. The van der Waals surface area contributed by atoms with Gasteiger partial charge in [0.15, 0.2) is 0 Å². The van der Waals surface area contributed by atoms with E-state index in [9.17, 15) is 4.79 Å². The van der Waals surface area contributed by atoms with Crippen molar-refractivity contribution >= 4 is 5.97 Å². The largest absolute Gasteiger partial charge is 0.463 e. The Balaban J connectivity index is 2.58. The summed E-state index contributed by atoms with van der Waals surface area (Å²) in [5, 5.41) is 0. The number of carbonyl (C=O) groups excluding carboxylic acids is 1. The minimum atomic E-state index is -0.515. The first-order valence-corrected chi connectivity index (χ1v) is 6.65. The van der Waals surface area contributed by atoms with E-state index in [0.717, 1.165) is 12.8 Å². The lowest BCUT2D eigenvalue weighted by molar-refractivity contribution is -0.156.